The van der Waals surface area contributed by atoms with Crippen LogP contribution in [0.5, 0.6) is 11.5 Å². The van der Waals surface area contributed by atoms with Crippen molar-refractivity contribution in [2.45, 2.75) is 12.3 Å². The van der Waals surface area contributed by atoms with E-state index in [4.69, 9.17) is 10.5 Å². The second kappa shape index (κ2) is 5.10. The summed E-state index contributed by atoms with van der Waals surface area (Å²) in [4.78, 5) is 25.0. The number of amides is 1. The molecule has 0 aliphatic carbocycles. The molecule has 2 aliphatic heterocycles. The zero-order valence-corrected chi connectivity index (χ0v) is 13.7. The van der Waals surface area contributed by atoms with Gasteiger partial charge >= 0.3 is 0 Å². The standard InChI is InChI=1S/C19H13N3O4/c1-9(23)10-6-7-14-15(16(10)24)19(12(8-20)17(21)26-14)11-4-2-3-5-13(11)22-18(19)25/h2-7,24H,21H2,1H3,(H,22,25). The summed E-state index contributed by atoms with van der Waals surface area (Å²) in [6.45, 7) is 1.30. The van der Waals surface area contributed by atoms with Gasteiger partial charge in [0.05, 0.1) is 11.1 Å². The molecule has 0 saturated carbocycles. The third-order valence-corrected chi connectivity index (χ3v) is 4.77. The topological polar surface area (TPSA) is 125 Å². The number of benzene rings is 2. The number of fused-ring (bicyclic) bond motifs is 4. The molecule has 1 amide bonds. The smallest absolute Gasteiger partial charge is 0.245 e. The number of nitrogens with one attached hydrogen (secondary N) is 1. The van der Waals surface area contributed by atoms with Gasteiger partial charge in [-0.05, 0) is 25.1 Å². The van der Waals surface area contributed by atoms with Crippen LogP contribution >= 0.6 is 0 Å². The van der Waals surface area contributed by atoms with E-state index in [-0.39, 0.29) is 34.1 Å². The van der Waals surface area contributed by atoms with Crippen LogP contribution in [0.3, 0.4) is 0 Å². The fourth-order valence-corrected chi connectivity index (χ4v) is 3.68. The van der Waals surface area contributed by atoms with Gasteiger partial charge in [0, 0.05) is 11.3 Å². The molecule has 0 aromatic heterocycles. The van der Waals surface area contributed by atoms with Crippen molar-refractivity contribution < 1.29 is 19.4 Å². The van der Waals surface area contributed by atoms with Crippen molar-refractivity contribution in [3.8, 4) is 17.6 Å². The van der Waals surface area contributed by atoms with Crippen LogP contribution in [0.2, 0.25) is 0 Å². The van der Waals surface area contributed by atoms with Crippen molar-refractivity contribution in [1.29, 1.82) is 5.26 Å². The zero-order valence-electron chi connectivity index (χ0n) is 13.7. The first-order valence-electron chi connectivity index (χ1n) is 7.79. The van der Waals surface area contributed by atoms with E-state index in [2.05, 4.69) is 5.32 Å². The third-order valence-electron chi connectivity index (χ3n) is 4.77. The second-order valence-corrected chi connectivity index (χ2v) is 6.09. The molecule has 2 aromatic carbocycles. The van der Waals surface area contributed by atoms with Crippen LogP contribution in [0.1, 0.15) is 28.4 Å². The molecule has 1 atom stereocenters. The zero-order chi connectivity index (χ0) is 18.6. The maximum atomic E-state index is 13.1. The van der Waals surface area contributed by atoms with Crippen molar-refractivity contribution in [3.63, 3.8) is 0 Å². The number of aromatic hydroxyl groups is 1. The molecule has 1 unspecified atom stereocenters. The molecule has 0 fully saturated rings. The highest BCUT2D eigenvalue weighted by atomic mass is 16.5. The first-order chi connectivity index (χ1) is 12.4. The van der Waals surface area contributed by atoms with Gasteiger partial charge in [-0.1, -0.05) is 18.2 Å². The van der Waals surface area contributed by atoms with Gasteiger partial charge in [-0.2, -0.15) is 5.26 Å². The second-order valence-electron chi connectivity index (χ2n) is 6.09. The van der Waals surface area contributed by atoms with Crippen molar-refractivity contribution in [1.82, 2.24) is 0 Å². The molecular weight excluding hydrogens is 334 g/mol. The average Bonchev–Trinajstić information content (AvgIpc) is 2.88. The predicted molar refractivity (Wildman–Crippen MR) is 91.4 cm³/mol. The molecule has 7 heteroatoms. The van der Waals surface area contributed by atoms with Crippen LogP contribution in [0.4, 0.5) is 5.69 Å². The summed E-state index contributed by atoms with van der Waals surface area (Å²) >= 11 is 0. The first kappa shape index (κ1) is 15.7. The van der Waals surface area contributed by atoms with Gasteiger partial charge in [-0.25, -0.2) is 0 Å². The molecule has 4 N–H and O–H groups in total. The number of nitrogens with zero attached hydrogens (tertiary/aromatic N) is 1. The minimum absolute atomic E-state index is 0.0293. The SMILES string of the molecule is CC(=O)c1ccc2c(c1O)C1(C(=O)Nc3ccccc31)C(C#N)=C(N)O2. The van der Waals surface area contributed by atoms with E-state index in [9.17, 15) is 20.0 Å². The molecule has 2 aromatic rings. The Hall–Kier alpha value is -3.79. The molecule has 2 aliphatic rings. The minimum atomic E-state index is -1.68. The largest absolute Gasteiger partial charge is 0.507 e. The van der Waals surface area contributed by atoms with E-state index in [0.717, 1.165) is 0 Å². The number of phenolic OH excluding ortho intramolecular Hbond substituents is 1. The lowest BCUT2D eigenvalue weighted by molar-refractivity contribution is -0.118. The number of Topliss-reactive ketones (excluding diaryl/α,β-unsaturated/α-hetero) is 1. The number of ketones is 1. The highest BCUT2D eigenvalue weighted by molar-refractivity contribution is 6.13. The van der Waals surface area contributed by atoms with E-state index < -0.39 is 17.1 Å². The minimum Gasteiger partial charge on any atom is -0.507 e. The molecule has 0 bridgehead atoms. The number of anilines is 1. The van der Waals surface area contributed by atoms with Gasteiger partial charge in [0.2, 0.25) is 11.8 Å². The van der Waals surface area contributed by atoms with Gasteiger partial charge in [0.15, 0.2) is 5.78 Å². The fourth-order valence-electron chi connectivity index (χ4n) is 3.68. The Labute approximate surface area is 148 Å². The summed E-state index contributed by atoms with van der Waals surface area (Å²) in [5.74, 6) is -1.42. The van der Waals surface area contributed by atoms with Crippen LogP contribution in [-0.4, -0.2) is 16.8 Å². The first-order valence-corrected chi connectivity index (χ1v) is 7.79. The van der Waals surface area contributed by atoms with Gasteiger partial charge in [-0.15, -0.1) is 0 Å². The van der Waals surface area contributed by atoms with Gasteiger partial charge in [0.1, 0.15) is 28.6 Å². The molecule has 1 spiro atoms. The van der Waals surface area contributed by atoms with Gasteiger partial charge in [-0.3, -0.25) is 9.59 Å². The van der Waals surface area contributed by atoms with Crippen molar-refractivity contribution in [3.05, 3.63) is 64.5 Å². The Morgan fingerprint density at radius 3 is 2.73 bits per heavy atom. The number of nitriles is 1. The predicted octanol–water partition coefficient (Wildman–Crippen LogP) is 1.92. The van der Waals surface area contributed by atoms with Gasteiger partial charge < -0.3 is 20.9 Å². The average molecular weight is 347 g/mol. The summed E-state index contributed by atoms with van der Waals surface area (Å²) in [6.07, 6.45) is 0. The molecule has 2 heterocycles. The number of hydrogen-bond donors (Lipinski definition) is 3. The normalized spacial score (nSPS) is 20.1. The van der Waals surface area contributed by atoms with Crippen LogP contribution in [0, 0.1) is 11.3 Å². The highest BCUT2D eigenvalue weighted by Gasteiger charge is 2.58. The highest BCUT2D eigenvalue weighted by Crippen LogP contribution is 2.56. The summed E-state index contributed by atoms with van der Waals surface area (Å²) in [5, 5.41) is 23.3. The lowest BCUT2D eigenvalue weighted by Gasteiger charge is -2.34. The van der Waals surface area contributed by atoms with E-state index >= 15 is 0 Å². The Bertz CT molecular complexity index is 1080. The van der Waals surface area contributed by atoms with Crippen LogP contribution in [0.25, 0.3) is 0 Å². The Balaban J connectivity index is 2.20. The fraction of sp³-hybridized carbons (Fsp3) is 0.105. The van der Waals surface area contributed by atoms with Crippen LogP contribution < -0.4 is 15.8 Å². The Kier molecular flexibility index (Phi) is 3.08. The van der Waals surface area contributed by atoms with Gasteiger partial charge in [0.25, 0.3) is 0 Å². The molecular formula is C19H13N3O4. The number of nitrogens with two attached hydrogens (primary N) is 1. The number of para-hydroxylation sites is 1. The number of hydrogen-bond acceptors (Lipinski definition) is 6. The Morgan fingerprint density at radius 1 is 1.31 bits per heavy atom. The lowest BCUT2D eigenvalue weighted by Crippen LogP contribution is -2.42. The summed E-state index contributed by atoms with van der Waals surface area (Å²) in [5.41, 5.74) is 5.15. The summed E-state index contributed by atoms with van der Waals surface area (Å²) in [6, 6.07) is 11.6. The number of rotatable bonds is 1. The molecule has 0 radical (unpaired) electrons. The van der Waals surface area contributed by atoms with Crippen molar-refractivity contribution in [2.75, 3.05) is 5.32 Å². The maximum Gasteiger partial charge on any atom is 0.245 e. The van der Waals surface area contributed by atoms with Crippen LogP contribution in [-0.2, 0) is 10.2 Å². The Morgan fingerprint density at radius 2 is 2.04 bits per heavy atom. The van der Waals surface area contributed by atoms with E-state index in [0.29, 0.717) is 11.3 Å². The third kappa shape index (κ3) is 1.70. The molecule has 0 saturated heterocycles. The molecule has 4 rings (SSSR count). The van der Waals surface area contributed by atoms with E-state index in [1.54, 1.807) is 24.3 Å². The van der Waals surface area contributed by atoms with Crippen molar-refractivity contribution >= 4 is 17.4 Å². The van der Waals surface area contributed by atoms with E-state index in [1.165, 1.54) is 19.1 Å². The van der Waals surface area contributed by atoms with E-state index in [1.807, 2.05) is 6.07 Å². The molecule has 7 nitrogen and oxygen atoms in total. The number of carbonyl (C=O) groups is 2. The molecule has 128 valence electrons. The number of phenols is 1. The quantitative estimate of drug-likeness (QED) is 0.677. The van der Waals surface area contributed by atoms with Crippen molar-refractivity contribution in [2.24, 2.45) is 5.73 Å². The summed E-state index contributed by atoms with van der Waals surface area (Å²) in [7, 11) is 0. The summed E-state index contributed by atoms with van der Waals surface area (Å²) < 4.78 is 5.48. The number of carbonyl (C=O) groups excluding carboxylic acids is 2. The monoisotopic (exact) mass is 347 g/mol. The number of ether oxygens (including phenoxy) is 1. The molecule has 26 heavy (non-hydrogen) atoms. The maximum absolute atomic E-state index is 13.1. The lowest BCUT2D eigenvalue weighted by atomic mass is 9.68. The van der Waals surface area contributed by atoms with Crippen LogP contribution in [0.15, 0.2) is 47.9 Å².